The predicted molar refractivity (Wildman–Crippen MR) is 88.1 cm³/mol. The van der Waals surface area contributed by atoms with E-state index in [0.717, 1.165) is 24.5 Å². The van der Waals surface area contributed by atoms with Gasteiger partial charge >= 0.3 is 0 Å². The average Bonchev–Trinajstić information content (AvgIpc) is 2.82. The van der Waals surface area contributed by atoms with Crippen molar-refractivity contribution in [3.8, 4) is 0 Å². The summed E-state index contributed by atoms with van der Waals surface area (Å²) in [6.45, 7) is 8.14. The fourth-order valence-electron chi connectivity index (χ4n) is 2.53. The van der Waals surface area contributed by atoms with E-state index in [4.69, 9.17) is 0 Å². The second kappa shape index (κ2) is 7.21. The second-order valence-electron chi connectivity index (χ2n) is 5.24. The maximum absolute atomic E-state index is 12.5. The molecule has 3 rings (SSSR count). The van der Waals surface area contributed by atoms with Crippen molar-refractivity contribution in [3.63, 3.8) is 0 Å². The summed E-state index contributed by atoms with van der Waals surface area (Å²) < 4.78 is 1.62. The number of piperazine rings is 1. The zero-order valence-electron chi connectivity index (χ0n) is 12.7. The van der Waals surface area contributed by atoms with Crippen molar-refractivity contribution in [1.29, 1.82) is 0 Å². The molecular weight excluding hydrogens is 327 g/mol. The number of carbonyl (C=O) groups is 1. The van der Waals surface area contributed by atoms with Gasteiger partial charge in [0.2, 0.25) is 5.82 Å². The first-order valence-electron chi connectivity index (χ1n) is 6.79. The van der Waals surface area contributed by atoms with Crippen molar-refractivity contribution >= 4 is 36.5 Å². The zero-order chi connectivity index (χ0) is 14.3. The normalized spacial score (nSPS) is 17.8. The number of aromatic nitrogens is 4. The van der Waals surface area contributed by atoms with Gasteiger partial charge in [-0.15, -0.1) is 29.9 Å². The first-order valence-corrected chi connectivity index (χ1v) is 6.79. The molecule has 1 saturated heterocycles. The molecule has 1 atom stereocenters. The Balaban J connectivity index is 0.00000121. The standard InChI is InChI=1S/C13H18N6O.2ClH/c1-8-6-9(2)19-13(15-8)16-11(17-19)12(20)18-5-4-14-7-10(18)3;;/h6,10,14H,4-5,7H2,1-3H3;2*1H/t10-;;/m0../s1. The Morgan fingerprint density at radius 3 is 2.73 bits per heavy atom. The number of fused-ring (bicyclic) bond motifs is 1. The van der Waals surface area contributed by atoms with Crippen molar-refractivity contribution in [2.75, 3.05) is 19.6 Å². The van der Waals surface area contributed by atoms with E-state index in [1.165, 1.54) is 0 Å². The molecule has 0 aromatic carbocycles. The molecule has 0 radical (unpaired) electrons. The molecule has 0 spiro atoms. The van der Waals surface area contributed by atoms with Crippen LogP contribution in [0.25, 0.3) is 5.78 Å². The van der Waals surface area contributed by atoms with Crippen LogP contribution in [0.2, 0.25) is 0 Å². The van der Waals surface area contributed by atoms with Crippen LogP contribution in [0.1, 0.15) is 28.9 Å². The quantitative estimate of drug-likeness (QED) is 0.834. The van der Waals surface area contributed by atoms with Crippen LogP contribution in [0.5, 0.6) is 0 Å². The topological polar surface area (TPSA) is 75.4 Å². The van der Waals surface area contributed by atoms with E-state index in [0.29, 0.717) is 12.3 Å². The average molecular weight is 347 g/mol. The summed E-state index contributed by atoms with van der Waals surface area (Å²) in [6, 6.07) is 2.07. The maximum Gasteiger partial charge on any atom is 0.293 e. The Kier molecular flexibility index (Phi) is 6.10. The monoisotopic (exact) mass is 346 g/mol. The van der Waals surface area contributed by atoms with Crippen LogP contribution < -0.4 is 5.32 Å². The van der Waals surface area contributed by atoms with E-state index in [1.54, 1.807) is 4.52 Å². The molecule has 3 heterocycles. The van der Waals surface area contributed by atoms with Gasteiger partial charge < -0.3 is 10.2 Å². The van der Waals surface area contributed by atoms with E-state index in [-0.39, 0.29) is 42.6 Å². The van der Waals surface area contributed by atoms with Crippen molar-refractivity contribution < 1.29 is 4.79 Å². The van der Waals surface area contributed by atoms with Crippen LogP contribution in [0.15, 0.2) is 6.07 Å². The lowest BCUT2D eigenvalue weighted by molar-refractivity contribution is 0.0643. The van der Waals surface area contributed by atoms with Crippen molar-refractivity contribution in [2.45, 2.75) is 26.8 Å². The lowest BCUT2D eigenvalue weighted by Gasteiger charge is -2.33. The molecule has 1 amide bonds. The molecule has 1 aliphatic heterocycles. The highest BCUT2D eigenvalue weighted by molar-refractivity contribution is 5.91. The van der Waals surface area contributed by atoms with Gasteiger partial charge in [-0.2, -0.15) is 4.98 Å². The SMILES string of the molecule is Cc1cc(C)n2nc(C(=O)N3CCNC[C@@H]3C)nc2n1.Cl.Cl. The van der Waals surface area contributed by atoms with Gasteiger partial charge in [-0.05, 0) is 26.8 Å². The van der Waals surface area contributed by atoms with E-state index >= 15 is 0 Å². The molecule has 0 saturated carbocycles. The fourth-order valence-corrected chi connectivity index (χ4v) is 2.53. The van der Waals surface area contributed by atoms with Gasteiger partial charge in [0, 0.05) is 37.1 Å². The lowest BCUT2D eigenvalue weighted by Crippen LogP contribution is -2.52. The molecule has 0 bridgehead atoms. The van der Waals surface area contributed by atoms with Crippen LogP contribution in [-0.4, -0.2) is 56.1 Å². The molecule has 7 nitrogen and oxygen atoms in total. The summed E-state index contributed by atoms with van der Waals surface area (Å²) in [5.74, 6) is 0.579. The van der Waals surface area contributed by atoms with Gasteiger partial charge in [-0.25, -0.2) is 9.50 Å². The molecule has 1 aliphatic rings. The van der Waals surface area contributed by atoms with Crippen LogP contribution in [0.4, 0.5) is 0 Å². The van der Waals surface area contributed by atoms with E-state index in [2.05, 4.69) is 20.4 Å². The van der Waals surface area contributed by atoms with Crippen LogP contribution in [-0.2, 0) is 0 Å². The van der Waals surface area contributed by atoms with E-state index in [9.17, 15) is 4.79 Å². The fraction of sp³-hybridized carbons (Fsp3) is 0.538. The largest absolute Gasteiger partial charge is 0.331 e. The molecule has 122 valence electrons. The minimum atomic E-state index is -0.124. The minimum absolute atomic E-state index is 0. The molecular formula is C13H20Cl2N6O. The Morgan fingerprint density at radius 1 is 1.32 bits per heavy atom. The summed E-state index contributed by atoms with van der Waals surface area (Å²) >= 11 is 0. The highest BCUT2D eigenvalue weighted by atomic mass is 35.5. The van der Waals surface area contributed by atoms with Gasteiger partial charge in [0.1, 0.15) is 0 Å². The molecule has 22 heavy (non-hydrogen) atoms. The Hall–Kier alpha value is -1.44. The minimum Gasteiger partial charge on any atom is -0.331 e. The van der Waals surface area contributed by atoms with Gasteiger partial charge in [0.15, 0.2) is 0 Å². The molecule has 2 aromatic rings. The third kappa shape index (κ3) is 3.31. The lowest BCUT2D eigenvalue weighted by atomic mass is 10.2. The maximum atomic E-state index is 12.5. The first kappa shape index (κ1) is 18.6. The highest BCUT2D eigenvalue weighted by Crippen LogP contribution is 2.10. The molecule has 2 aromatic heterocycles. The number of amides is 1. The molecule has 9 heteroatoms. The van der Waals surface area contributed by atoms with Gasteiger partial charge in [-0.1, -0.05) is 0 Å². The molecule has 1 fully saturated rings. The number of nitrogens with one attached hydrogen (secondary N) is 1. The Labute approximate surface area is 141 Å². The van der Waals surface area contributed by atoms with E-state index < -0.39 is 0 Å². The van der Waals surface area contributed by atoms with Crippen LogP contribution in [0.3, 0.4) is 0 Å². The number of carbonyl (C=O) groups excluding carboxylic acids is 1. The number of hydrogen-bond donors (Lipinski definition) is 1. The number of rotatable bonds is 1. The Bertz CT molecular complexity index is 674. The number of aryl methyl sites for hydroxylation is 2. The summed E-state index contributed by atoms with van der Waals surface area (Å²) in [4.78, 5) is 22.9. The summed E-state index contributed by atoms with van der Waals surface area (Å²) in [6.07, 6.45) is 0. The van der Waals surface area contributed by atoms with Gasteiger partial charge in [0.25, 0.3) is 11.7 Å². The zero-order valence-corrected chi connectivity index (χ0v) is 14.4. The van der Waals surface area contributed by atoms with Gasteiger partial charge in [-0.3, -0.25) is 4.79 Å². The predicted octanol–water partition coefficient (Wildman–Crippen LogP) is 1.02. The van der Waals surface area contributed by atoms with Crippen LogP contribution in [0, 0.1) is 13.8 Å². The molecule has 0 aliphatic carbocycles. The summed E-state index contributed by atoms with van der Waals surface area (Å²) in [5.41, 5.74) is 1.80. The number of halogens is 2. The van der Waals surface area contributed by atoms with Crippen molar-refractivity contribution in [1.82, 2.24) is 29.8 Å². The second-order valence-corrected chi connectivity index (χ2v) is 5.24. The Morgan fingerprint density at radius 2 is 2.05 bits per heavy atom. The number of nitrogens with zero attached hydrogens (tertiary/aromatic N) is 5. The number of hydrogen-bond acceptors (Lipinski definition) is 5. The van der Waals surface area contributed by atoms with Crippen molar-refractivity contribution in [2.24, 2.45) is 0 Å². The third-order valence-corrected chi connectivity index (χ3v) is 3.57. The first-order chi connectivity index (χ1) is 9.56. The third-order valence-electron chi connectivity index (χ3n) is 3.57. The highest BCUT2D eigenvalue weighted by Gasteiger charge is 2.27. The molecule has 0 unspecified atom stereocenters. The van der Waals surface area contributed by atoms with Crippen LogP contribution >= 0.6 is 24.8 Å². The van der Waals surface area contributed by atoms with Gasteiger partial charge in [0.05, 0.1) is 0 Å². The summed E-state index contributed by atoms with van der Waals surface area (Å²) in [5, 5.41) is 7.56. The van der Waals surface area contributed by atoms with E-state index in [1.807, 2.05) is 31.7 Å². The van der Waals surface area contributed by atoms with Crippen molar-refractivity contribution in [3.05, 3.63) is 23.3 Å². The smallest absolute Gasteiger partial charge is 0.293 e. The summed E-state index contributed by atoms with van der Waals surface area (Å²) in [7, 11) is 0. The molecule has 1 N–H and O–H groups in total.